The van der Waals surface area contributed by atoms with Crippen molar-refractivity contribution < 1.29 is 17.1 Å². The minimum Gasteiger partial charge on any atom is -0.632 e. The van der Waals surface area contributed by atoms with Crippen LogP contribution < -0.4 is 31.9 Å². The van der Waals surface area contributed by atoms with E-state index in [9.17, 15) is 0 Å². The Morgan fingerprint density at radius 2 is 0.633 bits per heavy atom. The van der Waals surface area contributed by atoms with Crippen molar-refractivity contribution in [1.29, 1.82) is 0 Å². The predicted molar refractivity (Wildman–Crippen MR) is 198 cm³/mol. The maximum Gasteiger partial charge on any atom is 2.00 e. The fraction of sp³-hybridized carbons (Fsp3) is 1.00. The molecule has 0 amide bonds. The summed E-state index contributed by atoms with van der Waals surface area (Å²) < 4.78 is 0. The quantitative estimate of drug-likeness (QED) is 0.134. The molecule has 4 saturated carbocycles. The first-order valence-electron chi connectivity index (χ1n) is 18.1. The van der Waals surface area contributed by atoms with E-state index in [4.69, 9.17) is 103 Å². The minimum atomic E-state index is -0.155. The van der Waals surface area contributed by atoms with E-state index in [1.807, 2.05) is 0 Å². The molecular weight excluding hydrogens is 844 g/mol. The van der Waals surface area contributed by atoms with E-state index in [0.717, 1.165) is 51.4 Å². The fourth-order valence-corrected chi connectivity index (χ4v) is 15.8. The summed E-state index contributed by atoms with van der Waals surface area (Å²) in [7, 11) is 0. The molecule has 5 saturated heterocycles. The van der Waals surface area contributed by atoms with Gasteiger partial charge in [0.1, 0.15) is 0 Å². The van der Waals surface area contributed by atoms with Gasteiger partial charge in [-0.15, -0.1) is 92.8 Å². The average Bonchev–Trinajstić information content (AvgIpc) is 3.72. The minimum absolute atomic E-state index is 0. The van der Waals surface area contributed by atoms with Crippen LogP contribution in [0, 0.1) is 47.3 Å². The first-order chi connectivity index (χ1) is 23.0. The van der Waals surface area contributed by atoms with E-state index >= 15 is 0 Å². The molecule has 49 heavy (non-hydrogen) atoms. The second-order valence-electron chi connectivity index (χ2n) is 16.3. The molecule has 9 aliphatic rings. The van der Waals surface area contributed by atoms with Crippen LogP contribution in [0.1, 0.15) is 51.4 Å². The summed E-state index contributed by atoms with van der Waals surface area (Å²) in [6.07, 6.45) is 5.76. The van der Waals surface area contributed by atoms with Crippen molar-refractivity contribution in [2.45, 2.75) is 144 Å². The smallest absolute Gasteiger partial charge is 0.632 e. The zero-order valence-electron chi connectivity index (χ0n) is 26.7. The number of hydrogen-bond donors (Lipinski definition) is 6. The van der Waals surface area contributed by atoms with Gasteiger partial charge in [-0.1, -0.05) is 24.7 Å². The molecule has 0 aromatic carbocycles. The van der Waals surface area contributed by atoms with Crippen LogP contribution in [0.15, 0.2) is 0 Å². The van der Waals surface area contributed by atoms with Crippen LogP contribution in [0.2, 0.25) is 0 Å². The van der Waals surface area contributed by atoms with Crippen LogP contribution in [0.25, 0.3) is 10.6 Å². The Bertz CT molecular complexity index is 1030. The second kappa shape index (κ2) is 15.1. The van der Waals surface area contributed by atoms with Crippen LogP contribution in [-0.2, 0) is 17.1 Å². The zero-order valence-corrected chi connectivity index (χ0v) is 33.7. The molecule has 1 radical (unpaired) electrons. The van der Waals surface area contributed by atoms with Gasteiger partial charge in [-0.2, -0.15) is 0 Å². The SMILES string of the molecule is ClC1CC(Cl)C2C3[N-]C(NC4NC(NC5[N-]C(NC6NC(N3)C3C(Cl)CC(Cl)CC63)C3CC(Cl)CC(Cl)C53)C3C(Cl)CC(Cl)CC43)C2C1.[Cu+2]. The predicted octanol–water partition coefficient (Wildman–Crippen LogP) is 5.91. The van der Waals surface area contributed by atoms with Crippen LogP contribution in [0.4, 0.5) is 0 Å². The van der Waals surface area contributed by atoms with Gasteiger partial charge in [0.25, 0.3) is 0 Å². The standard InChI is InChI=1S/C32H46Cl8N8.Cu/c33-9-1-13-21(17(37)5-9)29-43-25(13)41-26-14-2-10(34)6-18(38)22(14)31(44-26)48-32-24-16(4-12(36)8-20(24)40)28(46-32)42-27-15-3-11(35)7-19(39)23(15)30(45-27)47-29;/h9-32,41-43,46-48H,1-8H2;/q-2;+2. The third kappa shape index (κ3) is 6.98. The number of rotatable bonds is 0. The Labute approximate surface area is 340 Å². The van der Waals surface area contributed by atoms with Crippen molar-refractivity contribution in [2.75, 3.05) is 0 Å². The number of nitrogens with one attached hydrogen (secondary N) is 6. The summed E-state index contributed by atoms with van der Waals surface area (Å²) in [6, 6.07) is 0. The zero-order chi connectivity index (χ0) is 33.2. The molecule has 24 atom stereocenters. The first-order valence-corrected chi connectivity index (χ1v) is 21.6. The summed E-state index contributed by atoms with van der Waals surface area (Å²) in [6.45, 7) is 0. The van der Waals surface area contributed by atoms with E-state index in [2.05, 4.69) is 31.9 Å². The Kier molecular flexibility index (Phi) is 11.8. The summed E-state index contributed by atoms with van der Waals surface area (Å²) in [5, 5.41) is 34.5. The van der Waals surface area contributed by atoms with Crippen LogP contribution in [0.3, 0.4) is 0 Å². The van der Waals surface area contributed by atoms with Gasteiger partial charge in [0, 0.05) is 54.9 Å². The third-order valence-electron chi connectivity index (χ3n) is 13.6. The van der Waals surface area contributed by atoms with Crippen molar-refractivity contribution in [3.05, 3.63) is 10.6 Å². The molecule has 8 nitrogen and oxygen atoms in total. The molecular formula is C32H46Cl8CuN8. The topological polar surface area (TPSA) is 100 Å². The van der Waals surface area contributed by atoms with Gasteiger partial charge in [0.2, 0.25) is 0 Å². The number of halogens is 8. The molecule has 6 N–H and O–H groups in total. The fourth-order valence-electron chi connectivity index (χ4n) is 11.7. The maximum absolute atomic E-state index is 7.20. The van der Waals surface area contributed by atoms with Crippen molar-refractivity contribution >= 4 is 92.8 Å². The Hall–Kier alpha value is 2.52. The molecule has 0 aromatic heterocycles. The normalized spacial score (nSPS) is 61.2. The van der Waals surface area contributed by atoms with Crippen molar-refractivity contribution in [3.63, 3.8) is 0 Å². The van der Waals surface area contributed by atoms with E-state index in [0.29, 0.717) is 0 Å². The summed E-state index contributed by atoms with van der Waals surface area (Å²) >= 11 is 56.2. The Morgan fingerprint density at radius 1 is 0.327 bits per heavy atom. The summed E-state index contributed by atoms with van der Waals surface area (Å²) in [5.41, 5.74) is 0. The molecule has 24 unspecified atom stereocenters. The van der Waals surface area contributed by atoms with E-state index in [1.165, 1.54) is 0 Å². The molecule has 9 fully saturated rings. The molecule has 4 aliphatic carbocycles. The van der Waals surface area contributed by atoms with Crippen molar-refractivity contribution in [3.8, 4) is 0 Å². The molecule has 0 aromatic rings. The van der Waals surface area contributed by atoms with E-state index in [1.54, 1.807) is 0 Å². The number of alkyl halides is 8. The van der Waals surface area contributed by atoms with Gasteiger partial charge >= 0.3 is 17.1 Å². The number of hydrogen-bond acceptors (Lipinski definition) is 6. The molecule has 0 spiro atoms. The molecule has 5 aliphatic heterocycles. The first kappa shape index (κ1) is 38.4. The molecule has 8 bridgehead atoms. The van der Waals surface area contributed by atoms with Gasteiger partial charge in [0.05, 0.1) is 24.7 Å². The molecule has 281 valence electrons. The number of nitrogens with zero attached hydrogens (tertiary/aromatic N) is 2. The largest absolute Gasteiger partial charge is 2.00 e. The molecule has 5 heterocycles. The van der Waals surface area contributed by atoms with Gasteiger partial charge in [-0.05, 0) is 86.9 Å². The Morgan fingerprint density at radius 3 is 1.00 bits per heavy atom. The molecule has 17 heteroatoms. The number of fused-ring (bicyclic) bond motifs is 20. The van der Waals surface area contributed by atoms with Crippen LogP contribution in [-0.4, -0.2) is 92.3 Å². The Balaban J connectivity index is 0.00000348. The van der Waals surface area contributed by atoms with Gasteiger partial charge < -0.3 is 31.9 Å². The average molecular weight is 890 g/mol. The van der Waals surface area contributed by atoms with Gasteiger partial charge in [-0.3, -0.25) is 10.6 Å². The second-order valence-corrected chi connectivity index (χ2v) is 21.0. The van der Waals surface area contributed by atoms with Crippen LogP contribution in [0.5, 0.6) is 0 Å². The summed E-state index contributed by atoms with van der Waals surface area (Å²) in [4.78, 5) is 0. The van der Waals surface area contributed by atoms with E-state index in [-0.39, 0.29) is 157 Å². The van der Waals surface area contributed by atoms with E-state index < -0.39 is 0 Å². The van der Waals surface area contributed by atoms with Gasteiger partial charge in [0.15, 0.2) is 0 Å². The van der Waals surface area contributed by atoms with Crippen molar-refractivity contribution in [1.82, 2.24) is 31.9 Å². The monoisotopic (exact) mass is 885 g/mol. The van der Waals surface area contributed by atoms with Crippen LogP contribution >= 0.6 is 92.8 Å². The van der Waals surface area contributed by atoms with Crippen molar-refractivity contribution in [2.24, 2.45) is 47.3 Å². The van der Waals surface area contributed by atoms with Gasteiger partial charge in [-0.25, -0.2) is 0 Å². The molecule has 9 rings (SSSR count). The summed E-state index contributed by atoms with van der Waals surface area (Å²) in [5.74, 6) is 1.42. The third-order valence-corrected chi connectivity index (χ3v) is 16.9. The maximum atomic E-state index is 7.20.